The third-order valence-corrected chi connectivity index (χ3v) is 6.10. The first-order chi connectivity index (χ1) is 8.49. The summed E-state index contributed by atoms with van der Waals surface area (Å²) in [5.41, 5.74) is 6.49. The van der Waals surface area contributed by atoms with Gasteiger partial charge < -0.3 is 5.73 Å². The zero-order valence-electron chi connectivity index (χ0n) is 10.9. The summed E-state index contributed by atoms with van der Waals surface area (Å²) in [6.07, 6.45) is 3.18. The highest BCUT2D eigenvalue weighted by atomic mass is 35.5. The van der Waals surface area contributed by atoms with Gasteiger partial charge in [0.1, 0.15) is 0 Å². The Morgan fingerprint density at radius 3 is 2.67 bits per heavy atom. The minimum Gasteiger partial charge on any atom is -0.398 e. The predicted octanol–water partition coefficient (Wildman–Crippen LogP) is 3.85. The van der Waals surface area contributed by atoms with E-state index in [-0.39, 0.29) is 5.25 Å². The lowest BCUT2D eigenvalue weighted by Gasteiger charge is -2.31. The van der Waals surface area contributed by atoms with Crippen LogP contribution in [0.25, 0.3) is 0 Å². The monoisotopic (exact) mass is 285 g/mol. The average molecular weight is 286 g/mol. The largest absolute Gasteiger partial charge is 0.398 e. The van der Waals surface area contributed by atoms with E-state index in [1.54, 1.807) is 18.2 Å². The molecule has 0 radical (unpaired) electrons. The average Bonchev–Trinajstić information content (AvgIpc) is 2.35. The van der Waals surface area contributed by atoms with Crippen LogP contribution in [0.3, 0.4) is 0 Å². The second-order valence-corrected chi connectivity index (χ2v) is 7.51. The third-order valence-electron chi connectivity index (χ3n) is 4.05. The number of anilines is 1. The molecule has 0 aromatic heterocycles. The minimum atomic E-state index is -1.04. The maximum Gasteiger partial charge on any atom is 0.0635 e. The van der Waals surface area contributed by atoms with Crippen LogP contribution in [0.1, 0.15) is 33.1 Å². The van der Waals surface area contributed by atoms with Crippen LogP contribution in [0, 0.1) is 11.8 Å². The number of benzene rings is 1. The number of hydrogen-bond acceptors (Lipinski definition) is 2. The smallest absolute Gasteiger partial charge is 0.0635 e. The van der Waals surface area contributed by atoms with Gasteiger partial charge in [-0.15, -0.1) is 0 Å². The van der Waals surface area contributed by atoms with Crippen molar-refractivity contribution in [1.82, 2.24) is 0 Å². The van der Waals surface area contributed by atoms with E-state index in [1.807, 2.05) is 0 Å². The number of hydrogen-bond donors (Lipinski definition) is 1. The fraction of sp³-hybridized carbons (Fsp3) is 0.571. The minimum absolute atomic E-state index is 0.219. The van der Waals surface area contributed by atoms with Gasteiger partial charge in [-0.05, 0) is 49.3 Å². The molecule has 1 saturated carbocycles. The van der Waals surface area contributed by atoms with Crippen molar-refractivity contribution >= 4 is 28.1 Å². The van der Waals surface area contributed by atoms with E-state index < -0.39 is 10.8 Å². The van der Waals surface area contributed by atoms with Crippen molar-refractivity contribution in [2.45, 2.75) is 43.3 Å². The molecule has 1 aliphatic carbocycles. The van der Waals surface area contributed by atoms with Crippen LogP contribution in [0.4, 0.5) is 5.69 Å². The highest BCUT2D eigenvalue weighted by Crippen LogP contribution is 2.35. The maximum absolute atomic E-state index is 12.6. The summed E-state index contributed by atoms with van der Waals surface area (Å²) in [6, 6.07) is 5.23. The summed E-state index contributed by atoms with van der Waals surface area (Å²) in [7, 11) is -1.04. The van der Waals surface area contributed by atoms with E-state index in [0.29, 0.717) is 21.5 Å². The van der Waals surface area contributed by atoms with Crippen LogP contribution in [0.15, 0.2) is 23.1 Å². The summed E-state index contributed by atoms with van der Waals surface area (Å²) in [4.78, 5) is 0.703. The van der Waals surface area contributed by atoms with Crippen molar-refractivity contribution in [2.24, 2.45) is 11.8 Å². The Balaban J connectivity index is 2.19. The van der Waals surface area contributed by atoms with Gasteiger partial charge in [0.05, 0.1) is 15.7 Å². The van der Waals surface area contributed by atoms with Gasteiger partial charge in [0.15, 0.2) is 0 Å². The molecule has 18 heavy (non-hydrogen) atoms. The van der Waals surface area contributed by atoms with Crippen molar-refractivity contribution < 1.29 is 4.21 Å². The first-order valence-corrected chi connectivity index (χ1v) is 8.03. The van der Waals surface area contributed by atoms with Crippen molar-refractivity contribution in [3.63, 3.8) is 0 Å². The van der Waals surface area contributed by atoms with Gasteiger partial charge in [-0.2, -0.15) is 0 Å². The Morgan fingerprint density at radius 1 is 1.28 bits per heavy atom. The summed E-state index contributed by atoms with van der Waals surface area (Å²) in [6.45, 7) is 4.52. The van der Waals surface area contributed by atoms with E-state index >= 15 is 0 Å². The van der Waals surface area contributed by atoms with Crippen LogP contribution < -0.4 is 5.73 Å². The Hall–Kier alpha value is -0.540. The molecule has 0 amide bonds. The molecular formula is C14H20ClNOS. The molecule has 2 N–H and O–H groups in total. The molecular weight excluding hydrogens is 266 g/mol. The maximum atomic E-state index is 12.6. The fourth-order valence-corrected chi connectivity index (χ4v) is 4.52. The second-order valence-electron chi connectivity index (χ2n) is 5.37. The summed E-state index contributed by atoms with van der Waals surface area (Å²) in [5.74, 6) is 1.36. The first kappa shape index (κ1) is 13.9. The highest BCUT2D eigenvalue weighted by molar-refractivity contribution is 7.85. The SMILES string of the molecule is CC1CCC(S(=O)c2cc(Cl)ccc2N)CC1C. The van der Waals surface area contributed by atoms with Crippen LogP contribution in [0.5, 0.6) is 0 Å². The van der Waals surface area contributed by atoms with E-state index in [2.05, 4.69) is 13.8 Å². The predicted molar refractivity (Wildman–Crippen MR) is 78.2 cm³/mol. The van der Waals surface area contributed by atoms with Gasteiger partial charge in [0, 0.05) is 16.0 Å². The third kappa shape index (κ3) is 2.89. The van der Waals surface area contributed by atoms with Crippen molar-refractivity contribution in [1.29, 1.82) is 0 Å². The van der Waals surface area contributed by atoms with E-state index in [0.717, 1.165) is 25.2 Å². The quantitative estimate of drug-likeness (QED) is 0.839. The molecule has 1 aromatic rings. The molecule has 1 aromatic carbocycles. The summed E-state index contributed by atoms with van der Waals surface area (Å²) >= 11 is 5.96. The molecule has 100 valence electrons. The van der Waals surface area contributed by atoms with Crippen molar-refractivity contribution in [2.75, 3.05) is 5.73 Å². The lowest BCUT2D eigenvalue weighted by Crippen LogP contribution is -2.28. The van der Waals surface area contributed by atoms with E-state index in [1.165, 1.54) is 0 Å². The summed E-state index contributed by atoms with van der Waals surface area (Å²) < 4.78 is 12.6. The standard InChI is InChI=1S/C14H20ClNOS/c1-9-3-5-12(7-10(9)2)18(17)14-8-11(15)4-6-13(14)16/h4,6,8-10,12H,3,5,7,16H2,1-2H3. The zero-order chi connectivity index (χ0) is 13.3. The molecule has 2 rings (SSSR count). The molecule has 0 aliphatic heterocycles. The van der Waals surface area contributed by atoms with Crippen LogP contribution >= 0.6 is 11.6 Å². The van der Waals surface area contributed by atoms with Gasteiger partial charge in [-0.25, -0.2) is 0 Å². The highest BCUT2D eigenvalue weighted by Gasteiger charge is 2.29. The number of halogens is 1. The molecule has 0 heterocycles. The number of rotatable bonds is 2. The molecule has 1 aliphatic rings. The Morgan fingerprint density at radius 2 is 2.00 bits per heavy atom. The lowest BCUT2D eigenvalue weighted by atomic mass is 9.81. The molecule has 1 fully saturated rings. The molecule has 4 unspecified atom stereocenters. The Labute approximate surface area is 116 Å². The van der Waals surface area contributed by atoms with E-state index in [4.69, 9.17) is 17.3 Å². The van der Waals surface area contributed by atoms with E-state index in [9.17, 15) is 4.21 Å². The van der Waals surface area contributed by atoms with Gasteiger partial charge in [-0.1, -0.05) is 25.4 Å². The molecule has 0 spiro atoms. The second kappa shape index (κ2) is 5.62. The van der Waals surface area contributed by atoms with Crippen LogP contribution in [0.2, 0.25) is 5.02 Å². The first-order valence-electron chi connectivity index (χ1n) is 6.44. The lowest BCUT2D eigenvalue weighted by molar-refractivity contribution is 0.281. The van der Waals surface area contributed by atoms with Gasteiger partial charge in [0.25, 0.3) is 0 Å². The van der Waals surface area contributed by atoms with Crippen LogP contribution in [-0.4, -0.2) is 9.46 Å². The number of nitrogen functional groups attached to an aromatic ring is 1. The summed E-state index contributed by atoms with van der Waals surface area (Å²) in [5, 5.41) is 0.821. The van der Waals surface area contributed by atoms with Crippen LogP contribution in [-0.2, 0) is 10.8 Å². The van der Waals surface area contributed by atoms with Crippen molar-refractivity contribution in [3.05, 3.63) is 23.2 Å². The normalized spacial score (nSPS) is 30.1. The molecule has 4 atom stereocenters. The zero-order valence-corrected chi connectivity index (χ0v) is 12.4. The molecule has 2 nitrogen and oxygen atoms in total. The topological polar surface area (TPSA) is 43.1 Å². The fourth-order valence-electron chi connectivity index (χ4n) is 2.55. The Kier molecular flexibility index (Phi) is 4.33. The molecule has 0 bridgehead atoms. The van der Waals surface area contributed by atoms with Gasteiger partial charge >= 0.3 is 0 Å². The van der Waals surface area contributed by atoms with Gasteiger partial charge in [0.2, 0.25) is 0 Å². The molecule has 4 heteroatoms. The Bertz CT molecular complexity index is 463. The van der Waals surface area contributed by atoms with Crippen molar-refractivity contribution in [3.8, 4) is 0 Å². The molecule has 0 saturated heterocycles. The van der Waals surface area contributed by atoms with Gasteiger partial charge in [-0.3, -0.25) is 4.21 Å². The number of nitrogens with two attached hydrogens (primary N) is 1.